The Morgan fingerprint density at radius 1 is 1.40 bits per heavy atom. The predicted octanol–water partition coefficient (Wildman–Crippen LogP) is 2.81. The number of alkyl halides is 1. The molecule has 2 rings (SSSR count). The lowest BCUT2D eigenvalue weighted by atomic mass is 10.2. The highest BCUT2D eigenvalue weighted by Gasteiger charge is 1.99. The molecule has 0 fully saturated rings. The third-order valence-corrected chi connectivity index (χ3v) is 2.35. The van der Waals surface area contributed by atoms with E-state index < -0.39 is 0 Å². The van der Waals surface area contributed by atoms with Gasteiger partial charge >= 0.3 is 0 Å². The van der Waals surface area contributed by atoms with Gasteiger partial charge in [-0.25, -0.2) is 9.37 Å². The lowest BCUT2D eigenvalue weighted by molar-refractivity contribution is 0.623. The van der Waals surface area contributed by atoms with Crippen LogP contribution >= 0.6 is 11.6 Å². The van der Waals surface area contributed by atoms with E-state index in [4.69, 9.17) is 11.6 Å². The summed E-state index contributed by atoms with van der Waals surface area (Å²) in [4.78, 5) is 4.09. The molecule has 78 valence electrons. The van der Waals surface area contributed by atoms with Gasteiger partial charge in [-0.1, -0.05) is 12.1 Å². The van der Waals surface area contributed by atoms with Crippen LogP contribution in [0, 0.1) is 5.82 Å². The minimum atomic E-state index is -0.217. The van der Waals surface area contributed by atoms with Gasteiger partial charge in [-0.05, 0) is 17.7 Å². The molecule has 0 atom stereocenters. The molecule has 0 aliphatic heterocycles. The van der Waals surface area contributed by atoms with Crippen LogP contribution in [0.2, 0.25) is 0 Å². The molecule has 0 spiro atoms. The maximum atomic E-state index is 12.9. The monoisotopic (exact) mass is 224 g/mol. The average Bonchev–Trinajstić information content (AvgIpc) is 2.65. The highest BCUT2D eigenvalue weighted by Crippen LogP contribution is 2.07. The van der Waals surface area contributed by atoms with Crippen molar-refractivity contribution in [2.75, 3.05) is 0 Å². The van der Waals surface area contributed by atoms with E-state index in [0.29, 0.717) is 12.4 Å². The fourth-order valence-corrected chi connectivity index (χ4v) is 1.55. The van der Waals surface area contributed by atoms with Gasteiger partial charge in [0.1, 0.15) is 5.82 Å². The van der Waals surface area contributed by atoms with Gasteiger partial charge < -0.3 is 4.57 Å². The second-order valence-corrected chi connectivity index (χ2v) is 3.57. The van der Waals surface area contributed by atoms with Gasteiger partial charge in [0.25, 0.3) is 0 Å². The lowest BCUT2D eigenvalue weighted by Crippen LogP contribution is -1.96. The van der Waals surface area contributed by atoms with Crippen molar-refractivity contribution in [1.29, 1.82) is 0 Å². The normalized spacial score (nSPS) is 10.5. The van der Waals surface area contributed by atoms with Crippen molar-refractivity contribution in [2.45, 2.75) is 12.4 Å². The molecule has 0 amide bonds. The van der Waals surface area contributed by atoms with Crippen molar-refractivity contribution in [3.63, 3.8) is 0 Å². The Bertz CT molecular complexity index is 453. The number of imidazole rings is 1. The molecule has 0 saturated carbocycles. The summed E-state index contributed by atoms with van der Waals surface area (Å²) in [7, 11) is 0. The Morgan fingerprint density at radius 3 is 2.93 bits per heavy atom. The first-order chi connectivity index (χ1) is 7.28. The quantitative estimate of drug-likeness (QED) is 0.734. The molecular formula is C11H10ClFN2. The first-order valence-electron chi connectivity index (χ1n) is 4.59. The topological polar surface area (TPSA) is 17.8 Å². The van der Waals surface area contributed by atoms with Crippen LogP contribution in [-0.2, 0) is 12.4 Å². The number of hydrogen-bond donors (Lipinski definition) is 0. The van der Waals surface area contributed by atoms with Crippen LogP contribution in [0.5, 0.6) is 0 Å². The van der Waals surface area contributed by atoms with E-state index in [0.717, 1.165) is 11.3 Å². The molecule has 0 unspecified atom stereocenters. The highest BCUT2D eigenvalue weighted by atomic mass is 35.5. The molecule has 0 saturated heterocycles. The zero-order valence-corrected chi connectivity index (χ0v) is 8.78. The van der Waals surface area contributed by atoms with Crippen LogP contribution in [0.4, 0.5) is 4.39 Å². The maximum absolute atomic E-state index is 12.9. The molecule has 0 radical (unpaired) electrons. The third kappa shape index (κ3) is 2.57. The lowest BCUT2D eigenvalue weighted by Gasteiger charge is -2.01. The van der Waals surface area contributed by atoms with Gasteiger partial charge in [-0.3, -0.25) is 0 Å². The van der Waals surface area contributed by atoms with Crippen molar-refractivity contribution in [3.05, 3.63) is 53.9 Å². The SMILES string of the molecule is Fc1cccc(Cn2cnc(CCl)c2)c1. The average molecular weight is 225 g/mol. The van der Waals surface area contributed by atoms with E-state index in [1.807, 2.05) is 16.8 Å². The summed E-state index contributed by atoms with van der Waals surface area (Å²) < 4.78 is 14.8. The summed E-state index contributed by atoms with van der Waals surface area (Å²) in [5.74, 6) is 0.182. The second-order valence-electron chi connectivity index (χ2n) is 3.30. The summed E-state index contributed by atoms with van der Waals surface area (Å²) in [6.45, 7) is 0.613. The van der Waals surface area contributed by atoms with E-state index in [2.05, 4.69) is 4.98 Å². The molecule has 4 heteroatoms. The Labute approximate surface area is 92.3 Å². The van der Waals surface area contributed by atoms with Crippen LogP contribution in [0.15, 0.2) is 36.8 Å². The number of aromatic nitrogens is 2. The minimum absolute atomic E-state index is 0.217. The Balaban J connectivity index is 2.14. The van der Waals surface area contributed by atoms with Crippen molar-refractivity contribution in [1.82, 2.24) is 9.55 Å². The summed E-state index contributed by atoms with van der Waals surface area (Å²) in [5, 5.41) is 0. The number of benzene rings is 1. The van der Waals surface area contributed by atoms with E-state index >= 15 is 0 Å². The van der Waals surface area contributed by atoms with E-state index in [9.17, 15) is 4.39 Å². The van der Waals surface area contributed by atoms with Crippen LogP contribution in [0.3, 0.4) is 0 Å². The zero-order chi connectivity index (χ0) is 10.7. The molecule has 1 heterocycles. The van der Waals surface area contributed by atoms with Crippen molar-refractivity contribution >= 4 is 11.6 Å². The van der Waals surface area contributed by atoms with Gasteiger partial charge in [0, 0.05) is 12.7 Å². The van der Waals surface area contributed by atoms with Crippen molar-refractivity contribution < 1.29 is 4.39 Å². The van der Waals surface area contributed by atoms with Gasteiger partial charge in [-0.2, -0.15) is 0 Å². The minimum Gasteiger partial charge on any atom is -0.333 e. The summed E-state index contributed by atoms with van der Waals surface area (Å²) in [6.07, 6.45) is 3.56. The summed E-state index contributed by atoms with van der Waals surface area (Å²) in [5.41, 5.74) is 1.74. The summed E-state index contributed by atoms with van der Waals surface area (Å²) in [6, 6.07) is 6.52. The number of hydrogen-bond acceptors (Lipinski definition) is 1. The Hall–Kier alpha value is -1.35. The van der Waals surface area contributed by atoms with Crippen LogP contribution in [0.25, 0.3) is 0 Å². The molecule has 2 aromatic rings. The Morgan fingerprint density at radius 2 is 2.27 bits per heavy atom. The van der Waals surface area contributed by atoms with Crippen LogP contribution in [0.1, 0.15) is 11.3 Å². The second kappa shape index (κ2) is 4.45. The molecule has 15 heavy (non-hydrogen) atoms. The number of nitrogens with zero attached hydrogens (tertiary/aromatic N) is 2. The molecule has 0 aliphatic rings. The fraction of sp³-hybridized carbons (Fsp3) is 0.182. The molecule has 1 aromatic heterocycles. The zero-order valence-electron chi connectivity index (χ0n) is 8.03. The Kier molecular flexibility index (Phi) is 3.02. The van der Waals surface area contributed by atoms with E-state index in [-0.39, 0.29) is 5.82 Å². The van der Waals surface area contributed by atoms with Gasteiger partial charge in [-0.15, -0.1) is 11.6 Å². The highest BCUT2D eigenvalue weighted by molar-refractivity contribution is 6.16. The van der Waals surface area contributed by atoms with E-state index in [1.165, 1.54) is 12.1 Å². The third-order valence-electron chi connectivity index (χ3n) is 2.08. The van der Waals surface area contributed by atoms with Gasteiger partial charge in [0.2, 0.25) is 0 Å². The number of rotatable bonds is 3. The van der Waals surface area contributed by atoms with Crippen LogP contribution < -0.4 is 0 Å². The van der Waals surface area contributed by atoms with Crippen LogP contribution in [-0.4, -0.2) is 9.55 Å². The fourth-order valence-electron chi connectivity index (χ4n) is 1.41. The summed E-state index contributed by atoms with van der Waals surface area (Å²) >= 11 is 5.63. The van der Waals surface area contributed by atoms with Crippen molar-refractivity contribution in [3.8, 4) is 0 Å². The predicted molar refractivity (Wildman–Crippen MR) is 57.3 cm³/mol. The molecular weight excluding hydrogens is 215 g/mol. The molecule has 0 N–H and O–H groups in total. The molecule has 0 bridgehead atoms. The van der Waals surface area contributed by atoms with E-state index in [1.54, 1.807) is 12.4 Å². The molecule has 2 nitrogen and oxygen atoms in total. The molecule has 1 aromatic carbocycles. The smallest absolute Gasteiger partial charge is 0.123 e. The number of halogens is 2. The maximum Gasteiger partial charge on any atom is 0.123 e. The van der Waals surface area contributed by atoms with Gasteiger partial charge in [0.15, 0.2) is 0 Å². The van der Waals surface area contributed by atoms with Gasteiger partial charge in [0.05, 0.1) is 17.9 Å². The largest absolute Gasteiger partial charge is 0.333 e. The first-order valence-corrected chi connectivity index (χ1v) is 5.12. The first kappa shape index (κ1) is 10.2. The molecule has 0 aliphatic carbocycles. The standard InChI is InChI=1S/C11H10ClFN2/c12-5-11-7-15(8-14-11)6-9-2-1-3-10(13)4-9/h1-4,7-8H,5-6H2. The van der Waals surface area contributed by atoms with Crippen molar-refractivity contribution in [2.24, 2.45) is 0 Å².